The van der Waals surface area contributed by atoms with Gasteiger partial charge in [0.1, 0.15) is 25.3 Å². The summed E-state index contributed by atoms with van der Waals surface area (Å²) in [7, 11) is 0. The molecule has 0 fully saturated rings. The van der Waals surface area contributed by atoms with Crippen molar-refractivity contribution in [2.75, 3.05) is 5.75 Å². The fourth-order valence-electron chi connectivity index (χ4n) is 3.19. The quantitative estimate of drug-likeness (QED) is 0.352. The molecule has 36 heavy (non-hydrogen) atoms. The van der Waals surface area contributed by atoms with Crippen molar-refractivity contribution >= 4 is 29.7 Å². The Hall–Kier alpha value is -3.78. The molecule has 3 aromatic rings. The molecule has 0 radical (unpaired) electrons. The molecule has 0 unspecified atom stereocenters. The SMILES string of the molecule is C[C@H](NC(=O)[C@H](CSCc1ccccc1)NC(=O)OCc1ccccc1)C(=O)OCc1ccccc1. The first-order valence-electron chi connectivity index (χ1n) is 11.6. The van der Waals surface area contributed by atoms with Crippen molar-refractivity contribution in [1.29, 1.82) is 0 Å². The van der Waals surface area contributed by atoms with Crippen LogP contribution >= 0.6 is 11.8 Å². The number of carbonyl (C=O) groups is 3. The molecule has 0 aliphatic rings. The molecule has 188 valence electrons. The van der Waals surface area contributed by atoms with E-state index in [2.05, 4.69) is 10.6 Å². The molecule has 2 atom stereocenters. The number of alkyl carbamates (subject to hydrolysis) is 1. The van der Waals surface area contributed by atoms with Crippen molar-refractivity contribution in [3.8, 4) is 0 Å². The van der Waals surface area contributed by atoms with Crippen LogP contribution in [0.4, 0.5) is 4.79 Å². The number of rotatable bonds is 12. The maximum absolute atomic E-state index is 13.0. The van der Waals surface area contributed by atoms with Crippen molar-refractivity contribution < 1.29 is 23.9 Å². The summed E-state index contributed by atoms with van der Waals surface area (Å²) in [6.45, 7) is 1.74. The van der Waals surface area contributed by atoms with Crippen LogP contribution in [0.25, 0.3) is 0 Å². The van der Waals surface area contributed by atoms with E-state index < -0.39 is 30.1 Å². The van der Waals surface area contributed by atoms with Gasteiger partial charge < -0.3 is 20.1 Å². The Morgan fingerprint density at radius 3 is 1.78 bits per heavy atom. The van der Waals surface area contributed by atoms with Crippen LogP contribution in [0.2, 0.25) is 0 Å². The smallest absolute Gasteiger partial charge is 0.408 e. The molecule has 3 aromatic carbocycles. The second-order valence-corrected chi connectivity index (χ2v) is 9.11. The van der Waals surface area contributed by atoms with E-state index in [0.717, 1.165) is 16.7 Å². The zero-order valence-corrected chi connectivity index (χ0v) is 20.9. The molecule has 0 heterocycles. The maximum Gasteiger partial charge on any atom is 0.408 e. The fourth-order valence-corrected chi connectivity index (χ4v) is 4.20. The Kier molecular flexibility index (Phi) is 10.9. The minimum absolute atomic E-state index is 0.0837. The normalized spacial score (nSPS) is 12.1. The number of hydrogen-bond donors (Lipinski definition) is 2. The molecule has 7 nitrogen and oxygen atoms in total. The second kappa shape index (κ2) is 14.6. The molecule has 0 aromatic heterocycles. The molecule has 0 bridgehead atoms. The number of amides is 2. The molecule has 2 N–H and O–H groups in total. The Morgan fingerprint density at radius 1 is 0.722 bits per heavy atom. The summed E-state index contributed by atoms with van der Waals surface area (Å²) in [5.41, 5.74) is 2.79. The van der Waals surface area contributed by atoms with Gasteiger partial charge in [0.15, 0.2) is 0 Å². The lowest BCUT2D eigenvalue weighted by Crippen LogP contribution is -2.52. The van der Waals surface area contributed by atoms with Gasteiger partial charge in [-0.15, -0.1) is 0 Å². The van der Waals surface area contributed by atoms with Gasteiger partial charge >= 0.3 is 12.1 Å². The van der Waals surface area contributed by atoms with E-state index in [4.69, 9.17) is 9.47 Å². The highest BCUT2D eigenvalue weighted by molar-refractivity contribution is 7.98. The van der Waals surface area contributed by atoms with Crippen molar-refractivity contribution in [3.63, 3.8) is 0 Å². The van der Waals surface area contributed by atoms with Gasteiger partial charge in [0, 0.05) is 11.5 Å². The Bertz CT molecular complexity index is 1100. The predicted octanol–water partition coefficient (Wildman–Crippen LogP) is 4.46. The number of thioether (sulfide) groups is 1. The molecule has 0 aliphatic heterocycles. The predicted molar refractivity (Wildman–Crippen MR) is 140 cm³/mol. The average molecular weight is 507 g/mol. The summed E-state index contributed by atoms with van der Waals surface area (Å²) in [6.07, 6.45) is -0.710. The lowest BCUT2D eigenvalue weighted by molar-refractivity contribution is -0.148. The number of nitrogens with one attached hydrogen (secondary N) is 2. The number of benzene rings is 3. The van der Waals surface area contributed by atoms with Crippen LogP contribution in [0.15, 0.2) is 91.0 Å². The molecule has 2 amide bonds. The standard InChI is InChI=1S/C28H30N2O5S/c1-21(27(32)34-17-22-11-5-2-6-12-22)29-26(31)25(20-36-19-24-15-9-4-10-16-24)30-28(33)35-18-23-13-7-3-8-14-23/h2-16,21,25H,17-20H2,1H3,(H,29,31)(H,30,33)/t21-,25-/m0/s1. The number of ether oxygens (including phenoxy) is 2. The monoisotopic (exact) mass is 506 g/mol. The highest BCUT2D eigenvalue weighted by atomic mass is 32.2. The van der Waals surface area contributed by atoms with E-state index in [1.807, 2.05) is 91.0 Å². The van der Waals surface area contributed by atoms with Crippen LogP contribution in [-0.4, -0.2) is 35.8 Å². The van der Waals surface area contributed by atoms with Gasteiger partial charge in [0.25, 0.3) is 0 Å². The zero-order chi connectivity index (χ0) is 25.6. The van der Waals surface area contributed by atoms with Crippen LogP contribution in [-0.2, 0) is 38.0 Å². The Balaban J connectivity index is 1.54. The summed E-state index contributed by atoms with van der Waals surface area (Å²) in [4.78, 5) is 37.8. The van der Waals surface area contributed by atoms with Gasteiger partial charge in [0.2, 0.25) is 5.91 Å². The van der Waals surface area contributed by atoms with Crippen molar-refractivity contribution in [3.05, 3.63) is 108 Å². The summed E-state index contributed by atoms with van der Waals surface area (Å²) >= 11 is 1.49. The molecule has 3 rings (SSSR count). The van der Waals surface area contributed by atoms with E-state index in [0.29, 0.717) is 11.5 Å². The zero-order valence-electron chi connectivity index (χ0n) is 20.1. The molecular weight excluding hydrogens is 476 g/mol. The number of hydrogen-bond acceptors (Lipinski definition) is 6. The first-order valence-corrected chi connectivity index (χ1v) is 12.8. The van der Waals surface area contributed by atoms with Gasteiger partial charge in [-0.1, -0.05) is 91.0 Å². The van der Waals surface area contributed by atoms with E-state index in [1.54, 1.807) is 6.92 Å². The van der Waals surface area contributed by atoms with E-state index in [9.17, 15) is 14.4 Å². The van der Waals surface area contributed by atoms with Crippen LogP contribution in [0, 0.1) is 0 Å². The molecule has 0 spiro atoms. The molecule has 8 heteroatoms. The van der Waals surface area contributed by atoms with E-state index in [1.165, 1.54) is 11.8 Å². The van der Waals surface area contributed by atoms with Crippen LogP contribution in [0.3, 0.4) is 0 Å². The Labute approximate surface area is 215 Å². The fraction of sp³-hybridized carbons (Fsp3) is 0.250. The van der Waals surface area contributed by atoms with Gasteiger partial charge in [0.05, 0.1) is 0 Å². The average Bonchev–Trinajstić information content (AvgIpc) is 2.91. The summed E-state index contributed by atoms with van der Waals surface area (Å²) in [5.74, 6) is -0.0848. The topological polar surface area (TPSA) is 93.7 Å². The van der Waals surface area contributed by atoms with Gasteiger partial charge in [-0.25, -0.2) is 9.59 Å². The number of carbonyl (C=O) groups excluding carboxylic acids is 3. The van der Waals surface area contributed by atoms with Crippen molar-refractivity contribution in [1.82, 2.24) is 10.6 Å². The highest BCUT2D eigenvalue weighted by Crippen LogP contribution is 2.13. The van der Waals surface area contributed by atoms with Crippen LogP contribution in [0.1, 0.15) is 23.6 Å². The van der Waals surface area contributed by atoms with Crippen LogP contribution < -0.4 is 10.6 Å². The van der Waals surface area contributed by atoms with Gasteiger partial charge in [-0.2, -0.15) is 11.8 Å². The minimum atomic E-state index is -0.897. The molecule has 0 saturated heterocycles. The molecular formula is C28H30N2O5S. The number of esters is 1. The minimum Gasteiger partial charge on any atom is -0.459 e. The summed E-state index contributed by atoms with van der Waals surface area (Å²) in [6, 6.07) is 26.6. The highest BCUT2D eigenvalue weighted by Gasteiger charge is 2.26. The molecule has 0 aliphatic carbocycles. The third-order valence-corrected chi connectivity index (χ3v) is 6.26. The lowest BCUT2D eigenvalue weighted by Gasteiger charge is -2.20. The summed E-state index contributed by atoms with van der Waals surface area (Å²) in [5, 5.41) is 5.28. The summed E-state index contributed by atoms with van der Waals surface area (Å²) < 4.78 is 10.6. The second-order valence-electron chi connectivity index (χ2n) is 8.08. The van der Waals surface area contributed by atoms with Crippen LogP contribution in [0.5, 0.6) is 0 Å². The largest absolute Gasteiger partial charge is 0.459 e. The first-order chi connectivity index (χ1) is 17.5. The maximum atomic E-state index is 13.0. The lowest BCUT2D eigenvalue weighted by atomic mass is 10.2. The van der Waals surface area contributed by atoms with E-state index in [-0.39, 0.29) is 13.2 Å². The first kappa shape index (κ1) is 26.8. The third kappa shape index (κ3) is 9.46. The van der Waals surface area contributed by atoms with E-state index >= 15 is 0 Å². The van der Waals surface area contributed by atoms with Crippen molar-refractivity contribution in [2.24, 2.45) is 0 Å². The molecule has 0 saturated carbocycles. The third-order valence-electron chi connectivity index (χ3n) is 5.15. The Morgan fingerprint density at radius 2 is 1.22 bits per heavy atom. The van der Waals surface area contributed by atoms with Gasteiger partial charge in [-0.3, -0.25) is 4.79 Å². The van der Waals surface area contributed by atoms with Crippen molar-refractivity contribution in [2.45, 2.75) is 38.0 Å². The van der Waals surface area contributed by atoms with Gasteiger partial charge in [-0.05, 0) is 23.6 Å².